The number of H-pyrrole nitrogens is 1. The third-order valence-electron chi connectivity index (χ3n) is 6.44. The number of rotatable bonds is 5. The molecule has 1 fully saturated rings. The van der Waals surface area contributed by atoms with Gasteiger partial charge in [-0.2, -0.15) is 5.26 Å². The van der Waals surface area contributed by atoms with Crippen molar-refractivity contribution in [2.24, 2.45) is 0 Å². The maximum absolute atomic E-state index is 12.4. The van der Waals surface area contributed by atoms with E-state index in [1.54, 1.807) is 36.7 Å². The van der Waals surface area contributed by atoms with Crippen molar-refractivity contribution in [2.45, 2.75) is 38.8 Å². The monoisotopic (exact) mass is 524 g/mol. The first-order chi connectivity index (χ1) is 18.6. The Labute approximate surface area is 225 Å². The number of amides is 1. The number of nitrogens with zero attached hydrogens (tertiary/aromatic N) is 4. The van der Waals surface area contributed by atoms with Gasteiger partial charge in [-0.1, -0.05) is 18.2 Å². The zero-order valence-electron chi connectivity index (χ0n) is 21.9. The number of para-hydroxylation sites is 1. The molecule has 10 heteroatoms. The van der Waals surface area contributed by atoms with Crippen molar-refractivity contribution >= 4 is 28.8 Å². The zero-order chi connectivity index (χ0) is 27.7. The number of nitriles is 1. The molecule has 0 saturated carbocycles. The molecule has 4 aromatic rings. The van der Waals surface area contributed by atoms with E-state index >= 15 is 0 Å². The summed E-state index contributed by atoms with van der Waals surface area (Å²) in [6, 6.07) is 14.3. The summed E-state index contributed by atoms with van der Waals surface area (Å²) in [6.07, 6.45) is 3.67. The Kier molecular flexibility index (Phi) is 6.66. The van der Waals surface area contributed by atoms with E-state index in [0.29, 0.717) is 47.5 Å². The number of carboxylic acid groups (broad SMARTS) is 1. The number of fused-ring (bicyclic) bond motifs is 1. The molecule has 0 spiro atoms. The topological polar surface area (TPSA) is 144 Å². The minimum Gasteiger partial charge on any atom is -0.478 e. The second kappa shape index (κ2) is 10.1. The van der Waals surface area contributed by atoms with Crippen molar-refractivity contribution in [1.29, 1.82) is 5.26 Å². The number of aromatic amines is 1. The van der Waals surface area contributed by atoms with Gasteiger partial charge in [0.1, 0.15) is 16.9 Å². The first kappa shape index (κ1) is 25.7. The number of carbonyl (C=O) groups excluding carboxylic acids is 1. The highest BCUT2D eigenvalue weighted by Crippen LogP contribution is 2.40. The Balaban J connectivity index is 1.59. The molecule has 0 bridgehead atoms. The van der Waals surface area contributed by atoms with Crippen LogP contribution in [0.2, 0.25) is 0 Å². The van der Waals surface area contributed by atoms with Crippen LogP contribution in [0.5, 0.6) is 0 Å². The van der Waals surface area contributed by atoms with E-state index in [0.717, 1.165) is 16.8 Å². The largest absolute Gasteiger partial charge is 0.478 e. The molecule has 10 nitrogen and oxygen atoms in total. The van der Waals surface area contributed by atoms with Crippen molar-refractivity contribution in [3.63, 3.8) is 0 Å². The van der Waals surface area contributed by atoms with Crippen LogP contribution in [-0.2, 0) is 4.74 Å². The standard InChI is InChI=1S/C29H28N6O4/c1-29(2,3)39-28(38)32-19-10-11-35(16-19)25-21(18-7-4-6-17(12-18)13-30)14-31-15-22(25)26-33-23-9-5-8-20(27(36)37)24(23)34-26/h4-9,12,14-15,19H,10-11,16H2,1-3H3,(H,32,38)(H,33,34)(H,36,37)/t19-/m0/s1. The third-order valence-corrected chi connectivity index (χ3v) is 6.44. The maximum atomic E-state index is 12.4. The molecular weight excluding hydrogens is 496 g/mol. The second-order valence-electron chi connectivity index (χ2n) is 10.4. The summed E-state index contributed by atoms with van der Waals surface area (Å²) >= 11 is 0. The minimum absolute atomic E-state index is 0.102. The molecule has 0 aliphatic carbocycles. The van der Waals surface area contributed by atoms with Crippen molar-refractivity contribution in [3.8, 4) is 28.6 Å². The Morgan fingerprint density at radius 2 is 1.95 bits per heavy atom. The van der Waals surface area contributed by atoms with Crippen LogP contribution < -0.4 is 10.2 Å². The molecule has 2 aromatic heterocycles. The quantitative estimate of drug-likeness (QED) is 0.332. The van der Waals surface area contributed by atoms with Gasteiger partial charge in [0, 0.05) is 31.0 Å². The summed E-state index contributed by atoms with van der Waals surface area (Å²) in [5.41, 5.74) is 4.08. The van der Waals surface area contributed by atoms with Crippen molar-refractivity contribution < 1.29 is 19.4 Å². The molecule has 1 saturated heterocycles. The number of benzene rings is 2. The van der Waals surface area contributed by atoms with Crippen LogP contribution in [0.4, 0.5) is 10.5 Å². The molecule has 2 aromatic carbocycles. The average Bonchev–Trinajstić information content (AvgIpc) is 3.54. The van der Waals surface area contributed by atoms with Crippen LogP contribution in [0, 0.1) is 11.3 Å². The number of hydrogen-bond acceptors (Lipinski definition) is 7. The smallest absolute Gasteiger partial charge is 0.407 e. The normalized spacial score (nSPS) is 15.2. The Hall–Kier alpha value is -4.91. The van der Waals surface area contributed by atoms with Gasteiger partial charge in [-0.15, -0.1) is 0 Å². The number of imidazole rings is 1. The number of anilines is 1. The molecule has 1 aliphatic heterocycles. The summed E-state index contributed by atoms with van der Waals surface area (Å²) < 4.78 is 5.44. The molecular formula is C29H28N6O4. The molecule has 5 rings (SSSR count). The number of aromatic nitrogens is 3. The lowest BCUT2D eigenvalue weighted by molar-refractivity contribution is 0.0508. The lowest BCUT2D eigenvalue weighted by atomic mass is 10.00. The van der Waals surface area contributed by atoms with E-state index in [-0.39, 0.29) is 11.6 Å². The number of ether oxygens (including phenoxy) is 1. The van der Waals surface area contributed by atoms with Crippen molar-refractivity contribution in [1.82, 2.24) is 20.3 Å². The van der Waals surface area contributed by atoms with Gasteiger partial charge in [0.25, 0.3) is 0 Å². The molecule has 1 amide bonds. The highest BCUT2D eigenvalue weighted by molar-refractivity contribution is 6.02. The van der Waals surface area contributed by atoms with Gasteiger partial charge in [-0.25, -0.2) is 14.6 Å². The number of pyridine rings is 1. The summed E-state index contributed by atoms with van der Waals surface area (Å²) in [7, 11) is 0. The molecule has 0 radical (unpaired) electrons. The van der Waals surface area contributed by atoms with E-state index in [1.807, 2.05) is 32.9 Å². The number of aromatic carboxylic acids is 1. The molecule has 1 atom stereocenters. The number of hydrogen-bond donors (Lipinski definition) is 3. The van der Waals surface area contributed by atoms with Gasteiger partial charge in [0.05, 0.1) is 40.0 Å². The van der Waals surface area contributed by atoms with Crippen LogP contribution in [-0.4, -0.2) is 56.9 Å². The minimum atomic E-state index is -1.06. The van der Waals surface area contributed by atoms with Gasteiger partial charge in [0.15, 0.2) is 0 Å². The SMILES string of the molecule is CC(C)(C)OC(=O)N[C@H]1CCN(c2c(-c3cccc(C#N)c3)cncc2-c2nc3c(C(=O)O)cccc3[nH]2)C1. The average molecular weight is 525 g/mol. The van der Waals surface area contributed by atoms with E-state index in [9.17, 15) is 20.0 Å². The highest BCUT2D eigenvalue weighted by Gasteiger charge is 2.30. The van der Waals surface area contributed by atoms with E-state index < -0.39 is 17.7 Å². The third kappa shape index (κ3) is 5.38. The first-order valence-electron chi connectivity index (χ1n) is 12.6. The van der Waals surface area contributed by atoms with E-state index in [1.165, 1.54) is 6.07 Å². The fourth-order valence-electron chi connectivity index (χ4n) is 4.82. The van der Waals surface area contributed by atoms with E-state index in [2.05, 4.69) is 31.2 Å². The number of carboxylic acids is 1. The summed E-state index contributed by atoms with van der Waals surface area (Å²) in [5, 5.41) is 22.1. The van der Waals surface area contributed by atoms with Crippen LogP contribution in [0.25, 0.3) is 33.5 Å². The summed E-state index contributed by atoms with van der Waals surface area (Å²) in [6.45, 7) is 6.62. The van der Waals surface area contributed by atoms with E-state index in [4.69, 9.17) is 4.74 Å². The molecule has 0 unspecified atom stereocenters. The van der Waals surface area contributed by atoms with Crippen LogP contribution >= 0.6 is 0 Å². The predicted molar refractivity (Wildman–Crippen MR) is 146 cm³/mol. The molecule has 3 N–H and O–H groups in total. The first-order valence-corrected chi connectivity index (χ1v) is 12.6. The fourth-order valence-corrected chi connectivity index (χ4v) is 4.82. The summed E-state index contributed by atoms with van der Waals surface area (Å²) in [4.78, 5) is 38.8. The van der Waals surface area contributed by atoms with Gasteiger partial charge in [-0.3, -0.25) is 4.98 Å². The van der Waals surface area contributed by atoms with Crippen molar-refractivity contribution in [2.75, 3.05) is 18.0 Å². The lowest BCUT2D eigenvalue weighted by Crippen LogP contribution is -2.40. The maximum Gasteiger partial charge on any atom is 0.407 e. The Morgan fingerprint density at radius 1 is 1.18 bits per heavy atom. The summed E-state index contributed by atoms with van der Waals surface area (Å²) in [5.74, 6) is -0.585. The molecule has 198 valence electrons. The Morgan fingerprint density at radius 3 is 2.69 bits per heavy atom. The highest BCUT2D eigenvalue weighted by atomic mass is 16.6. The van der Waals surface area contributed by atoms with Gasteiger partial charge < -0.3 is 25.0 Å². The van der Waals surface area contributed by atoms with Gasteiger partial charge >= 0.3 is 12.1 Å². The predicted octanol–water partition coefficient (Wildman–Crippen LogP) is 4.97. The van der Waals surface area contributed by atoms with Gasteiger partial charge in [0.2, 0.25) is 0 Å². The molecule has 3 heterocycles. The van der Waals surface area contributed by atoms with Gasteiger partial charge in [-0.05, 0) is 57.0 Å². The number of carbonyl (C=O) groups is 2. The number of nitrogens with one attached hydrogen (secondary N) is 2. The van der Waals surface area contributed by atoms with Crippen LogP contribution in [0.15, 0.2) is 54.9 Å². The second-order valence-corrected chi connectivity index (χ2v) is 10.4. The Bertz CT molecular complexity index is 1610. The lowest BCUT2D eigenvalue weighted by Gasteiger charge is -2.25. The van der Waals surface area contributed by atoms with Crippen LogP contribution in [0.3, 0.4) is 0 Å². The molecule has 39 heavy (non-hydrogen) atoms. The fraction of sp³-hybridized carbons (Fsp3) is 0.276. The molecule has 1 aliphatic rings. The van der Waals surface area contributed by atoms with Crippen LogP contribution in [0.1, 0.15) is 43.1 Å². The number of alkyl carbamates (subject to hydrolysis) is 1. The zero-order valence-corrected chi connectivity index (χ0v) is 21.9. The van der Waals surface area contributed by atoms with Crippen molar-refractivity contribution in [3.05, 3.63) is 66.0 Å².